The summed E-state index contributed by atoms with van der Waals surface area (Å²) < 4.78 is 30.6. The van der Waals surface area contributed by atoms with Gasteiger partial charge in [-0.25, -0.2) is 8.42 Å². The first kappa shape index (κ1) is 21.2. The Morgan fingerprint density at radius 3 is 2.29 bits per heavy atom. The molecule has 0 fully saturated rings. The third-order valence-corrected chi connectivity index (χ3v) is 4.99. The zero-order chi connectivity index (χ0) is 21.1. The van der Waals surface area contributed by atoms with Gasteiger partial charge in [0.25, 0.3) is 5.69 Å². The summed E-state index contributed by atoms with van der Waals surface area (Å²) in [5.41, 5.74) is 1.91. The maximum Gasteiger partial charge on any atom is 0.271 e. The number of anilines is 2. The van der Waals surface area contributed by atoms with E-state index in [4.69, 9.17) is 4.74 Å². The number of benzene rings is 2. The highest BCUT2D eigenvalue weighted by atomic mass is 32.2. The maximum absolute atomic E-state index is 12.5. The van der Waals surface area contributed by atoms with E-state index in [2.05, 4.69) is 5.32 Å². The number of nitrogens with one attached hydrogen (secondary N) is 1. The minimum absolute atomic E-state index is 0.0792. The van der Waals surface area contributed by atoms with Gasteiger partial charge >= 0.3 is 0 Å². The molecule has 1 N–H and O–H groups in total. The van der Waals surface area contributed by atoms with Gasteiger partial charge in [-0.1, -0.05) is 6.07 Å². The molecule has 28 heavy (non-hydrogen) atoms. The second kappa shape index (κ2) is 8.26. The van der Waals surface area contributed by atoms with E-state index < -0.39 is 27.4 Å². The third kappa shape index (κ3) is 5.19. The Morgan fingerprint density at radius 1 is 1.18 bits per heavy atom. The van der Waals surface area contributed by atoms with Crippen molar-refractivity contribution in [2.45, 2.75) is 13.8 Å². The van der Waals surface area contributed by atoms with E-state index in [0.717, 1.165) is 27.8 Å². The quantitative estimate of drug-likeness (QED) is 0.557. The first-order valence-corrected chi connectivity index (χ1v) is 10.0. The van der Waals surface area contributed by atoms with E-state index in [1.165, 1.54) is 19.2 Å². The maximum atomic E-state index is 12.5. The second-order valence-electron chi connectivity index (χ2n) is 6.31. The first-order chi connectivity index (χ1) is 13.0. The summed E-state index contributed by atoms with van der Waals surface area (Å²) in [5, 5.41) is 13.4. The van der Waals surface area contributed by atoms with Gasteiger partial charge in [0.15, 0.2) is 0 Å². The van der Waals surface area contributed by atoms with Crippen LogP contribution in [0.3, 0.4) is 0 Å². The molecule has 0 aliphatic heterocycles. The summed E-state index contributed by atoms with van der Waals surface area (Å²) in [5.74, 6) is -0.445. The van der Waals surface area contributed by atoms with Gasteiger partial charge in [0.2, 0.25) is 15.9 Å². The zero-order valence-electron chi connectivity index (χ0n) is 15.9. The molecule has 0 bridgehead atoms. The molecular formula is C18H21N3O6S. The molecule has 0 aliphatic carbocycles. The normalized spacial score (nSPS) is 11.0. The van der Waals surface area contributed by atoms with Gasteiger partial charge in [-0.3, -0.25) is 19.2 Å². The summed E-state index contributed by atoms with van der Waals surface area (Å²) in [6, 6.07) is 8.96. The monoisotopic (exact) mass is 407 g/mol. The molecule has 2 aromatic rings. The van der Waals surface area contributed by atoms with E-state index >= 15 is 0 Å². The molecule has 0 heterocycles. The van der Waals surface area contributed by atoms with Crippen LogP contribution in [0.5, 0.6) is 5.75 Å². The molecule has 0 radical (unpaired) electrons. The van der Waals surface area contributed by atoms with Crippen molar-refractivity contribution in [1.82, 2.24) is 0 Å². The number of nitrogens with zero attached hydrogens (tertiary/aromatic N) is 2. The average molecular weight is 407 g/mol. The number of sulfonamides is 1. The van der Waals surface area contributed by atoms with Crippen LogP contribution in [-0.4, -0.2) is 39.2 Å². The number of aryl methyl sites for hydroxylation is 2. The van der Waals surface area contributed by atoms with Crippen molar-refractivity contribution in [3.8, 4) is 5.75 Å². The Kier molecular flexibility index (Phi) is 6.24. The van der Waals surface area contributed by atoms with Gasteiger partial charge in [-0.05, 0) is 43.2 Å². The lowest BCUT2D eigenvalue weighted by Gasteiger charge is -2.23. The number of amides is 1. The highest BCUT2D eigenvalue weighted by Crippen LogP contribution is 2.29. The van der Waals surface area contributed by atoms with Crippen molar-refractivity contribution in [2.24, 2.45) is 0 Å². The van der Waals surface area contributed by atoms with Gasteiger partial charge in [-0.15, -0.1) is 0 Å². The Morgan fingerprint density at radius 2 is 1.79 bits per heavy atom. The Labute approximate surface area is 163 Å². The van der Waals surface area contributed by atoms with Gasteiger partial charge in [0.1, 0.15) is 12.3 Å². The highest BCUT2D eigenvalue weighted by molar-refractivity contribution is 7.92. The van der Waals surface area contributed by atoms with Crippen LogP contribution in [0.15, 0.2) is 36.4 Å². The number of rotatable bonds is 7. The molecule has 0 unspecified atom stereocenters. The average Bonchev–Trinajstić information content (AvgIpc) is 2.57. The van der Waals surface area contributed by atoms with Crippen LogP contribution >= 0.6 is 0 Å². The fraction of sp³-hybridized carbons (Fsp3) is 0.278. The standard InChI is InChI=1S/C18H21N3O6S/c1-12-7-13(2)9-15(8-12)20(28(4,25)26)11-18(22)19-16-10-14(21(23)24)5-6-17(16)27-3/h5-10H,11H2,1-4H3,(H,19,22). The number of carbonyl (C=O) groups excluding carboxylic acids is 1. The lowest BCUT2D eigenvalue weighted by Crippen LogP contribution is -2.37. The first-order valence-electron chi connectivity index (χ1n) is 8.19. The fourth-order valence-electron chi connectivity index (χ4n) is 2.72. The molecule has 0 aliphatic rings. The molecule has 0 saturated heterocycles. The molecular weight excluding hydrogens is 386 g/mol. The number of hydrogen-bond donors (Lipinski definition) is 1. The summed E-state index contributed by atoms with van der Waals surface area (Å²) in [7, 11) is -2.39. The summed E-state index contributed by atoms with van der Waals surface area (Å²) in [6.07, 6.45) is 1.01. The van der Waals surface area contributed by atoms with Crippen LogP contribution in [0.25, 0.3) is 0 Å². The molecule has 10 heteroatoms. The minimum Gasteiger partial charge on any atom is -0.495 e. The molecule has 2 rings (SSSR count). The number of non-ortho nitro benzene ring substituents is 1. The minimum atomic E-state index is -3.74. The van der Waals surface area contributed by atoms with Crippen molar-refractivity contribution in [1.29, 1.82) is 0 Å². The summed E-state index contributed by atoms with van der Waals surface area (Å²) in [6.45, 7) is 3.16. The van der Waals surface area contributed by atoms with Crippen LogP contribution < -0.4 is 14.4 Å². The predicted molar refractivity (Wildman–Crippen MR) is 106 cm³/mol. The molecule has 2 aromatic carbocycles. The highest BCUT2D eigenvalue weighted by Gasteiger charge is 2.22. The Hall–Kier alpha value is -3.14. The molecule has 1 amide bonds. The van der Waals surface area contributed by atoms with Crippen molar-refractivity contribution in [3.05, 3.63) is 57.6 Å². The van der Waals surface area contributed by atoms with Gasteiger partial charge in [0, 0.05) is 12.1 Å². The van der Waals surface area contributed by atoms with Gasteiger partial charge < -0.3 is 10.1 Å². The lowest BCUT2D eigenvalue weighted by atomic mass is 10.1. The molecule has 0 spiro atoms. The van der Waals surface area contributed by atoms with Crippen LogP contribution in [0.4, 0.5) is 17.1 Å². The second-order valence-corrected chi connectivity index (χ2v) is 8.21. The smallest absolute Gasteiger partial charge is 0.271 e. The van der Waals surface area contributed by atoms with Crippen molar-refractivity contribution in [3.63, 3.8) is 0 Å². The van der Waals surface area contributed by atoms with Crippen molar-refractivity contribution < 1.29 is 22.9 Å². The van der Waals surface area contributed by atoms with E-state index in [1.807, 2.05) is 19.9 Å². The number of carbonyl (C=O) groups is 1. The van der Waals surface area contributed by atoms with Crippen LogP contribution in [-0.2, 0) is 14.8 Å². The number of methoxy groups -OCH3 is 1. The molecule has 150 valence electrons. The zero-order valence-corrected chi connectivity index (χ0v) is 16.7. The summed E-state index contributed by atoms with van der Waals surface area (Å²) in [4.78, 5) is 22.9. The van der Waals surface area contributed by atoms with E-state index in [9.17, 15) is 23.3 Å². The third-order valence-electron chi connectivity index (χ3n) is 3.85. The SMILES string of the molecule is COc1ccc([N+](=O)[O-])cc1NC(=O)CN(c1cc(C)cc(C)c1)S(C)(=O)=O. The topological polar surface area (TPSA) is 119 Å². The number of nitro groups is 1. The van der Waals surface area contributed by atoms with E-state index in [1.54, 1.807) is 12.1 Å². The van der Waals surface area contributed by atoms with Crippen molar-refractivity contribution >= 4 is 33.0 Å². The Balaban J connectivity index is 2.33. The van der Waals surface area contributed by atoms with Crippen LogP contribution in [0, 0.1) is 24.0 Å². The number of ether oxygens (including phenoxy) is 1. The molecule has 0 saturated carbocycles. The largest absolute Gasteiger partial charge is 0.495 e. The van der Waals surface area contributed by atoms with Crippen LogP contribution in [0.1, 0.15) is 11.1 Å². The van der Waals surface area contributed by atoms with Gasteiger partial charge in [-0.2, -0.15) is 0 Å². The lowest BCUT2D eigenvalue weighted by molar-refractivity contribution is -0.384. The predicted octanol–water partition coefficient (Wildman–Crippen LogP) is 2.62. The molecule has 0 atom stereocenters. The fourth-order valence-corrected chi connectivity index (χ4v) is 3.56. The molecule has 0 aromatic heterocycles. The molecule has 9 nitrogen and oxygen atoms in total. The van der Waals surface area contributed by atoms with Gasteiger partial charge in [0.05, 0.1) is 29.7 Å². The Bertz CT molecular complexity index is 1000. The number of hydrogen-bond acceptors (Lipinski definition) is 6. The van der Waals surface area contributed by atoms with Crippen LogP contribution in [0.2, 0.25) is 0 Å². The van der Waals surface area contributed by atoms with E-state index in [0.29, 0.717) is 5.69 Å². The van der Waals surface area contributed by atoms with Crippen molar-refractivity contribution in [2.75, 3.05) is 29.5 Å². The number of nitro benzene ring substituents is 1. The van der Waals surface area contributed by atoms with E-state index in [-0.39, 0.29) is 17.1 Å². The summed E-state index contributed by atoms with van der Waals surface area (Å²) >= 11 is 0.